The molecule has 0 spiro atoms. The summed E-state index contributed by atoms with van der Waals surface area (Å²) in [4.78, 5) is 5.28. The normalized spacial score (nSPS) is 11.0. The highest BCUT2D eigenvalue weighted by atomic mass is 35.5. The molecule has 0 atom stereocenters. The summed E-state index contributed by atoms with van der Waals surface area (Å²) in [6.45, 7) is 0. The number of nitrogens with zero attached hydrogens (tertiary/aromatic N) is 4. The van der Waals surface area contributed by atoms with Gasteiger partial charge in [-0.25, -0.2) is 0 Å². The summed E-state index contributed by atoms with van der Waals surface area (Å²) < 4.78 is 10.8. The van der Waals surface area contributed by atoms with Crippen LogP contribution in [0.1, 0.15) is 11.8 Å². The second kappa shape index (κ2) is 5.94. The Morgan fingerprint density at radius 2 is 1.91 bits per heavy atom. The first-order valence-corrected chi connectivity index (χ1v) is 7.98. The van der Waals surface area contributed by atoms with Gasteiger partial charge in [0.05, 0.1) is 4.88 Å². The van der Waals surface area contributed by atoms with Gasteiger partial charge < -0.3 is 8.94 Å². The average Bonchev–Trinajstić information content (AvgIpc) is 3.29. The number of hydrogen-bond donors (Lipinski definition) is 0. The molecule has 0 unspecified atom stereocenters. The van der Waals surface area contributed by atoms with Crippen molar-refractivity contribution in [2.45, 2.75) is 6.42 Å². The molecule has 0 aliphatic rings. The molecule has 1 aromatic carbocycles. The Kier molecular flexibility index (Phi) is 3.64. The summed E-state index contributed by atoms with van der Waals surface area (Å²) in [5, 5.41) is 14.6. The zero-order valence-electron chi connectivity index (χ0n) is 11.6. The van der Waals surface area contributed by atoms with Crippen molar-refractivity contribution in [1.82, 2.24) is 20.3 Å². The SMILES string of the molecule is Clc1ccc(-c2nnc(Cc3nc(-c4cccs4)no3)o2)cc1. The zero-order chi connectivity index (χ0) is 15.6. The van der Waals surface area contributed by atoms with Gasteiger partial charge in [0.25, 0.3) is 0 Å². The summed E-state index contributed by atoms with van der Waals surface area (Å²) in [5.74, 6) is 1.83. The van der Waals surface area contributed by atoms with E-state index in [-0.39, 0.29) is 0 Å². The topological polar surface area (TPSA) is 77.8 Å². The molecule has 0 N–H and O–H groups in total. The second-order valence-electron chi connectivity index (χ2n) is 4.67. The van der Waals surface area contributed by atoms with E-state index in [1.165, 1.54) is 0 Å². The Balaban J connectivity index is 1.53. The molecule has 8 heteroatoms. The highest BCUT2D eigenvalue weighted by Crippen LogP contribution is 2.23. The minimum Gasteiger partial charge on any atom is -0.420 e. The Bertz CT molecular complexity index is 915. The lowest BCUT2D eigenvalue weighted by molar-refractivity contribution is 0.374. The molecule has 0 bridgehead atoms. The lowest BCUT2D eigenvalue weighted by Gasteiger charge is -1.93. The molecule has 4 rings (SSSR count). The minimum absolute atomic E-state index is 0.291. The number of rotatable bonds is 4. The van der Waals surface area contributed by atoms with E-state index in [0.717, 1.165) is 10.4 Å². The van der Waals surface area contributed by atoms with Gasteiger partial charge in [0.2, 0.25) is 23.5 Å². The van der Waals surface area contributed by atoms with Crippen LogP contribution in [0, 0.1) is 0 Å². The third-order valence-corrected chi connectivity index (χ3v) is 4.19. The van der Waals surface area contributed by atoms with E-state index < -0.39 is 0 Å². The first-order chi connectivity index (χ1) is 11.3. The van der Waals surface area contributed by atoms with Gasteiger partial charge in [-0.2, -0.15) is 4.98 Å². The molecule has 0 aliphatic carbocycles. The Labute approximate surface area is 139 Å². The zero-order valence-corrected chi connectivity index (χ0v) is 13.2. The van der Waals surface area contributed by atoms with E-state index in [0.29, 0.717) is 34.9 Å². The second-order valence-corrected chi connectivity index (χ2v) is 6.06. The fourth-order valence-electron chi connectivity index (χ4n) is 2.00. The maximum absolute atomic E-state index is 5.86. The Morgan fingerprint density at radius 3 is 2.70 bits per heavy atom. The number of halogens is 1. The van der Waals surface area contributed by atoms with Crippen molar-refractivity contribution in [1.29, 1.82) is 0 Å². The van der Waals surface area contributed by atoms with Crippen molar-refractivity contribution in [2.24, 2.45) is 0 Å². The van der Waals surface area contributed by atoms with E-state index in [4.69, 9.17) is 20.5 Å². The van der Waals surface area contributed by atoms with Crippen LogP contribution in [0.15, 0.2) is 50.7 Å². The molecule has 3 aromatic heterocycles. The summed E-state index contributed by atoms with van der Waals surface area (Å²) >= 11 is 7.41. The van der Waals surface area contributed by atoms with E-state index in [1.807, 2.05) is 29.6 Å². The molecule has 0 amide bonds. The molecule has 4 aromatic rings. The molecule has 3 heterocycles. The molecule has 0 fully saturated rings. The third-order valence-electron chi connectivity index (χ3n) is 3.07. The number of benzene rings is 1. The van der Waals surface area contributed by atoms with Crippen LogP contribution >= 0.6 is 22.9 Å². The van der Waals surface area contributed by atoms with Gasteiger partial charge in [-0.15, -0.1) is 21.5 Å². The molecule has 0 radical (unpaired) electrons. The Hall–Kier alpha value is -2.51. The van der Waals surface area contributed by atoms with Crippen LogP contribution in [0.25, 0.3) is 22.2 Å². The summed E-state index contributed by atoms with van der Waals surface area (Å²) in [7, 11) is 0. The highest BCUT2D eigenvalue weighted by molar-refractivity contribution is 7.13. The Morgan fingerprint density at radius 1 is 1.04 bits per heavy atom. The molecular weight excluding hydrogens is 336 g/mol. The van der Waals surface area contributed by atoms with Crippen molar-refractivity contribution >= 4 is 22.9 Å². The van der Waals surface area contributed by atoms with Crippen molar-refractivity contribution in [3.05, 3.63) is 58.6 Å². The third kappa shape index (κ3) is 3.01. The predicted octanol–water partition coefficient (Wildman–Crippen LogP) is 4.09. The van der Waals surface area contributed by atoms with Crippen LogP contribution in [0.4, 0.5) is 0 Å². The van der Waals surface area contributed by atoms with Gasteiger partial charge in [0, 0.05) is 10.6 Å². The lowest BCUT2D eigenvalue weighted by atomic mass is 10.2. The van der Waals surface area contributed by atoms with Gasteiger partial charge >= 0.3 is 0 Å². The van der Waals surface area contributed by atoms with Crippen LogP contribution in [0.3, 0.4) is 0 Å². The summed E-state index contributed by atoms with van der Waals surface area (Å²) in [6.07, 6.45) is 0.291. The van der Waals surface area contributed by atoms with Gasteiger partial charge in [-0.1, -0.05) is 22.8 Å². The maximum atomic E-state index is 5.86. The first kappa shape index (κ1) is 14.1. The van der Waals surface area contributed by atoms with Crippen LogP contribution < -0.4 is 0 Å². The van der Waals surface area contributed by atoms with E-state index in [2.05, 4.69) is 20.3 Å². The summed E-state index contributed by atoms with van der Waals surface area (Å²) in [6, 6.07) is 11.1. The number of hydrogen-bond acceptors (Lipinski definition) is 7. The monoisotopic (exact) mass is 344 g/mol. The molecule has 114 valence electrons. The largest absolute Gasteiger partial charge is 0.420 e. The first-order valence-electron chi connectivity index (χ1n) is 6.73. The molecule has 0 aliphatic heterocycles. The molecule has 0 saturated carbocycles. The molecular formula is C15H9ClN4O2S. The van der Waals surface area contributed by atoms with Crippen molar-refractivity contribution in [3.8, 4) is 22.2 Å². The van der Waals surface area contributed by atoms with Crippen molar-refractivity contribution < 1.29 is 8.94 Å². The van der Waals surface area contributed by atoms with E-state index in [1.54, 1.807) is 23.5 Å². The van der Waals surface area contributed by atoms with Crippen LogP contribution in [-0.4, -0.2) is 20.3 Å². The maximum Gasteiger partial charge on any atom is 0.247 e. The molecule has 23 heavy (non-hydrogen) atoms. The van der Waals surface area contributed by atoms with Crippen LogP contribution in [-0.2, 0) is 6.42 Å². The van der Waals surface area contributed by atoms with Crippen LogP contribution in [0.2, 0.25) is 5.02 Å². The standard InChI is InChI=1S/C15H9ClN4O2S/c16-10-5-3-9(4-6-10)15-19-18-13(21-15)8-12-17-14(20-22-12)11-2-1-7-23-11/h1-7H,8H2. The van der Waals surface area contributed by atoms with Gasteiger partial charge in [-0.05, 0) is 35.7 Å². The smallest absolute Gasteiger partial charge is 0.247 e. The quantitative estimate of drug-likeness (QED) is 0.554. The molecule has 0 saturated heterocycles. The van der Waals surface area contributed by atoms with Crippen LogP contribution in [0.5, 0.6) is 0 Å². The van der Waals surface area contributed by atoms with Crippen molar-refractivity contribution in [3.63, 3.8) is 0 Å². The average molecular weight is 345 g/mol. The van der Waals surface area contributed by atoms with Crippen molar-refractivity contribution in [2.75, 3.05) is 0 Å². The van der Waals surface area contributed by atoms with Gasteiger partial charge in [-0.3, -0.25) is 0 Å². The fourth-order valence-corrected chi connectivity index (χ4v) is 2.77. The van der Waals surface area contributed by atoms with Gasteiger partial charge in [0.1, 0.15) is 6.42 Å². The number of aromatic nitrogens is 4. The fraction of sp³-hybridized carbons (Fsp3) is 0.0667. The minimum atomic E-state index is 0.291. The predicted molar refractivity (Wildman–Crippen MR) is 85.2 cm³/mol. The van der Waals surface area contributed by atoms with E-state index >= 15 is 0 Å². The molecule has 6 nitrogen and oxygen atoms in total. The van der Waals surface area contributed by atoms with E-state index in [9.17, 15) is 0 Å². The highest BCUT2D eigenvalue weighted by Gasteiger charge is 2.14. The van der Waals surface area contributed by atoms with Gasteiger partial charge in [0.15, 0.2) is 0 Å². The summed E-state index contributed by atoms with van der Waals surface area (Å²) in [5.41, 5.74) is 0.804. The lowest BCUT2D eigenvalue weighted by Crippen LogP contribution is -1.88. The number of thiophene rings is 1.